The lowest BCUT2D eigenvalue weighted by Crippen LogP contribution is -2.19. The van der Waals surface area contributed by atoms with Crippen LogP contribution in [-0.2, 0) is 16.4 Å². The molecule has 2 aromatic rings. The van der Waals surface area contributed by atoms with Gasteiger partial charge in [-0.15, -0.1) is 5.10 Å². The van der Waals surface area contributed by atoms with E-state index in [9.17, 15) is 13.2 Å². The van der Waals surface area contributed by atoms with Crippen LogP contribution in [0.4, 0.5) is 5.69 Å². The van der Waals surface area contributed by atoms with Crippen molar-refractivity contribution in [2.45, 2.75) is 18.2 Å². The van der Waals surface area contributed by atoms with Crippen LogP contribution in [0.3, 0.4) is 0 Å². The molecule has 0 aliphatic carbocycles. The lowest BCUT2D eigenvalue weighted by atomic mass is 10.3. The van der Waals surface area contributed by atoms with Crippen LogP contribution in [0.1, 0.15) is 23.4 Å². The summed E-state index contributed by atoms with van der Waals surface area (Å²) in [6.07, 6.45) is 0.635. The van der Waals surface area contributed by atoms with Crippen LogP contribution in [0, 0.1) is 0 Å². The zero-order valence-corrected chi connectivity index (χ0v) is 12.4. The van der Waals surface area contributed by atoms with Crippen molar-refractivity contribution in [2.75, 3.05) is 12.4 Å². The third-order valence-corrected chi connectivity index (χ3v) is 4.15. The zero-order valence-electron chi connectivity index (χ0n) is 11.5. The highest BCUT2D eigenvalue weighted by Gasteiger charge is 2.15. The quantitative estimate of drug-likeness (QED) is 0.744. The number of amides is 1. The number of hydrogen-bond donors (Lipinski definition) is 3. The number of benzene rings is 1. The summed E-state index contributed by atoms with van der Waals surface area (Å²) < 4.78 is 25.6. The fourth-order valence-electron chi connectivity index (χ4n) is 1.60. The van der Waals surface area contributed by atoms with Crippen molar-refractivity contribution >= 4 is 21.6 Å². The van der Waals surface area contributed by atoms with E-state index in [0.717, 1.165) is 0 Å². The van der Waals surface area contributed by atoms with E-state index in [-0.39, 0.29) is 10.7 Å². The SMILES string of the molecule is CCc1nc(C(=O)Nc2cccc(S(=O)(=O)NC)c2)n[nH]1. The first-order valence-corrected chi connectivity index (χ1v) is 7.71. The molecule has 21 heavy (non-hydrogen) atoms. The first-order valence-electron chi connectivity index (χ1n) is 6.22. The number of nitrogens with one attached hydrogen (secondary N) is 3. The van der Waals surface area contributed by atoms with Gasteiger partial charge in [0, 0.05) is 12.1 Å². The number of H-pyrrole nitrogens is 1. The molecule has 0 fully saturated rings. The molecule has 1 aromatic carbocycles. The van der Waals surface area contributed by atoms with Crippen LogP contribution in [-0.4, -0.2) is 36.6 Å². The summed E-state index contributed by atoms with van der Waals surface area (Å²) in [4.78, 5) is 16.0. The van der Waals surface area contributed by atoms with Gasteiger partial charge in [-0.05, 0) is 25.2 Å². The van der Waals surface area contributed by atoms with Crippen molar-refractivity contribution in [2.24, 2.45) is 0 Å². The Morgan fingerprint density at radius 2 is 2.14 bits per heavy atom. The fraction of sp³-hybridized carbons (Fsp3) is 0.250. The largest absolute Gasteiger partial charge is 0.319 e. The van der Waals surface area contributed by atoms with Crippen LogP contribution in [0.15, 0.2) is 29.2 Å². The van der Waals surface area contributed by atoms with Gasteiger partial charge < -0.3 is 5.32 Å². The van der Waals surface area contributed by atoms with Crippen molar-refractivity contribution in [3.63, 3.8) is 0 Å². The van der Waals surface area contributed by atoms with Gasteiger partial charge in [0.05, 0.1) is 4.90 Å². The smallest absolute Gasteiger partial charge is 0.295 e. The van der Waals surface area contributed by atoms with E-state index in [4.69, 9.17) is 0 Å². The Morgan fingerprint density at radius 1 is 1.38 bits per heavy atom. The number of carbonyl (C=O) groups excluding carboxylic acids is 1. The van der Waals surface area contributed by atoms with Gasteiger partial charge in [-0.3, -0.25) is 9.89 Å². The first kappa shape index (κ1) is 15.1. The third kappa shape index (κ3) is 3.44. The Kier molecular flexibility index (Phi) is 4.34. The van der Waals surface area contributed by atoms with E-state index >= 15 is 0 Å². The number of sulfonamides is 1. The summed E-state index contributed by atoms with van der Waals surface area (Å²) in [5, 5.41) is 8.99. The van der Waals surface area contributed by atoms with Gasteiger partial charge in [0.2, 0.25) is 15.8 Å². The third-order valence-electron chi connectivity index (χ3n) is 2.74. The van der Waals surface area contributed by atoms with E-state index in [1.807, 2.05) is 6.92 Å². The van der Waals surface area contributed by atoms with Crippen molar-refractivity contribution in [3.8, 4) is 0 Å². The van der Waals surface area contributed by atoms with Crippen LogP contribution < -0.4 is 10.0 Å². The molecule has 0 atom stereocenters. The van der Waals surface area contributed by atoms with Gasteiger partial charge in [-0.2, -0.15) is 0 Å². The van der Waals surface area contributed by atoms with E-state index in [1.165, 1.54) is 25.2 Å². The molecule has 1 aromatic heterocycles. The highest BCUT2D eigenvalue weighted by molar-refractivity contribution is 7.89. The second kappa shape index (κ2) is 6.02. The normalized spacial score (nSPS) is 11.3. The van der Waals surface area contributed by atoms with E-state index in [2.05, 4.69) is 25.2 Å². The number of anilines is 1. The number of aromatic amines is 1. The number of nitrogens with zero attached hydrogens (tertiary/aromatic N) is 2. The maximum Gasteiger partial charge on any atom is 0.295 e. The molecule has 0 saturated carbocycles. The van der Waals surface area contributed by atoms with Crippen LogP contribution in [0.5, 0.6) is 0 Å². The maximum absolute atomic E-state index is 12.0. The van der Waals surface area contributed by atoms with Gasteiger partial charge in [0.25, 0.3) is 5.91 Å². The molecule has 0 aliphatic rings. The average molecular weight is 309 g/mol. The molecule has 1 amide bonds. The summed E-state index contributed by atoms with van der Waals surface area (Å²) in [6, 6.07) is 5.91. The predicted molar refractivity (Wildman–Crippen MR) is 76.4 cm³/mol. The predicted octanol–water partition coefficient (Wildman–Crippen LogP) is 0.527. The van der Waals surface area contributed by atoms with E-state index in [1.54, 1.807) is 6.07 Å². The molecule has 0 aliphatic heterocycles. The summed E-state index contributed by atoms with van der Waals surface area (Å²) in [5.41, 5.74) is 0.346. The Labute approximate surface area is 122 Å². The molecular weight excluding hydrogens is 294 g/mol. The monoisotopic (exact) mass is 309 g/mol. The summed E-state index contributed by atoms with van der Waals surface area (Å²) in [6.45, 7) is 1.88. The van der Waals surface area contributed by atoms with Gasteiger partial charge in [0.15, 0.2) is 0 Å². The minimum absolute atomic E-state index is 0.00808. The minimum Gasteiger partial charge on any atom is -0.319 e. The fourth-order valence-corrected chi connectivity index (χ4v) is 2.38. The Balaban J connectivity index is 2.20. The number of aryl methyl sites for hydroxylation is 1. The topological polar surface area (TPSA) is 117 Å². The standard InChI is InChI=1S/C12H15N5O3S/c1-3-10-15-11(17-16-10)12(18)14-8-5-4-6-9(7-8)21(19,20)13-2/h4-7,13H,3H2,1-2H3,(H,14,18)(H,15,16,17). The first-order chi connectivity index (χ1) is 9.96. The number of aromatic nitrogens is 3. The zero-order chi connectivity index (χ0) is 15.5. The molecule has 0 unspecified atom stereocenters. The van der Waals surface area contributed by atoms with Gasteiger partial charge >= 0.3 is 0 Å². The Bertz CT molecular complexity index is 754. The van der Waals surface area contributed by atoms with Crippen molar-refractivity contribution in [1.82, 2.24) is 19.9 Å². The molecule has 3 N–H and O–H groups in total. The summed E-state index contributed by atoms with van der Waals surface area (Å²) >= 11 is 0. The second-order valence-electron chi connectivity index (χ2n) is 4.15. The van der Waals surface area contributed by atoms with Crippen LogP contribution >= 0.6 is 0 Å². The second-order valence-corrected chi connectivity index (χ2v) is 6.04. The summed E-state index contributed by atoms with van der Waals surface area (Å²) in [7, 11) is -2.24. The van der Waals surface area contributed by atoms with Crippen molar-refractivity contribution in [1.29, 1.82) is 0 Å². The Hall–Kier alpha value is -2.26. The summed E-state index contributed by atoms with van der Waals surface area (Å²) in [5.74, 6) is 0.102. The Morgan fingerprint density at radius 3 is 2.76 bits per heavy atom. The molecule has 0 bridgehead atoms. The highest BCUT2D eigenvalue weighted by Crippen LogP contribution is 2.15. The number of hydrogen-bond acceptors (Lipinski definition) is 5. The van der Waals surface area contributed by atoms with E-state index < -0.39 is 15.9 Å². The van der Waals surface area contributed by atoms with Crippen LogP contribution in [0.2, 0.25) is 0 Å². The lowest BCUT2D eigenvalue weighted by molar-refractivity contribution is 0.101. The molecule has 8 nitrogen and oxygen atoms in total. The van der Waals surface area contributed by atoms with E-state index in [0.29, 0.717) is 17.9 Å². The van der Waals surface area contributed by atoms with Crippen molar-refractivity contribution < 1.29 is 13.2 Å². The van der Waals surface area contributed by atoms with Gasteiger partial charge in [-0.1, -0.05) is 13.0 Å². The lowest BCUT2D eigenvalue weighted by Gasteiger charge is -2.06. The van der Waals surface area contributed by atoms with Gasteiger partial charge in [-0.25, -0.2) is 18.1 Å². The average Bonchev–Trinajstić information content (AvgIpc) is 2.96. The molecule has 2 rings (SSSR count). The van der Waals surface area contributed by atoms with Gasteiger partial charge in [0.1, 0.15) is 5.82 Å². The molecular formula is C12H15N5O3S. The molecule has 0 saturated heterocycles. The number of rotatable bonds is 5. The van der Waals surface area contributed by atoms with Crippen LogP contribution in [0.25, 0.3) is 0 Å². The molecule has 0 spiro atoms. The minimum atomic E-state index is -3.56. The maximum atomic E-state index is 12.0. The highest BCUT2D eigenvalue weighted by atomic mass is 32.2. The van der Waals surface area contributed by atoms with Crippen molar-refractivity contribution in [3.05, 3.63) is 35.9 Å². The number of carbonyl (C=O) groups is 1. The molecule has 112 valence electrons. The molecule has 0 radical (unpaired) electrons. The molecule has 9 heteroatoms. The molecule has 1 heterocycles.